The Morgan fingerprint density at radius 1 is 1.06 bits per heavy atom. The van der Waals surface area contributed by atoms with E-state index >= 15 is 0 Å². The lowest BCUT2D eigenvalue weighted by atomic mass is 9.68. The van der Waals surface area contributed by atoms with Crippen LogP contribution >= 0.6 is 0 Å². The van der Waals surface area contributed by atoms with Gasteiger partial charge in [-0.3, -0.25) is 14.4 Å². The van der Waals surface area contributed by atoms with Gasteiger partial charge in [-0.2, -0.15) is 0 Å². The monoisotopic (exact) mass is 455 g/mol. The topological polar surface area (TPSA) is 98.7 Å². The second kappa shape index (κ2) is 12.0. The highest BCUT2D eigenvalue weighted by molar-refractivity contribution is 5.96. The molecule has 3 rings (SSSR count). The Balaban J connectivity index is 1.86. The molecule has 1 heterocycles. The third-order valence-corrected chi connectivity index (χ3v) is 6.92. The van der Waals surface area contributed by atoms with Crippen molar-refractivity contribution >= 4 is 17.7 Å². The van der Waals surface area contributed by atoms with Gasteiger partial charge in [0.05, 0.1) is 11.8 Å². The summed E-state index contributed by atoms with van der Waals surface area (Å²) in [6.45, 7) is 3.02. The Hall–Kier alpha value is -2.67. The Kier molecular flexibility index (Phi) is 9.06. The third-order valence-electron chi connectivity index (χ3n) is 6.92. The molecule has 1 aromatic carbocycles. The molecular formula is C26H37N3O4. The number of hydrogen-bond acceptors (Lipinski definition) is 4. The second-order valence-corrected chi connectivity index (χ2v) is 9.04. The van der Waals surface area contributed by atoms with Crippen molar-refractivity contribution < 1.29 is 19.5 Å². The molecule has 1 aromatic rings. The zero-order chi connectivity index (χ0) is 23.8. The Labute approximate surface area is 196 Å². The number of unbranched alkanes of at least 4 members (excludes halogenated alkanes) is 2. The molecule has 1 aliphatic heterocycles. The van der Waals surface area contributed by atoms with Crippen LogP contribution in [0.25, 0.3) is 0 Å². The Morgan fingerprint density at radius 2 is 1.82 bits per heavy atom. The molecule has 1 fully saturated rings. The van der Waals surface area contributed by atoms with Crippen molar-refractivity contribution in [3.63, 3.8) is 0 Å². The summed E-state index contributed by atoms with van der Waals surface area (Å²) >= 11 is 0. The molecule has 180 valence electrons. The van der Waals surface area contributed by atoms with Crippen molar-refractivity contribution in [1.29, 1.82) is 0 Å². The van der Waals surface area contributed by atoms with E-state index in [0.29, 0.717) is 25.9 Å². The van der Waals surface area contributed by atoms with Crippen LogP contribution < -0.4 is 10.6 Å². The summed E-state index contributed by atoms with van der Waals surface area (Å²) in [6.07, 6.45) is 7.95. The van der Waals surface area contributed by atoms with Crippen LogP contribution in [0.1, 0.15) is 44.6 Å². The summed E-state index contributed by atoms with van der Waals surface area (Å²) < 4.78 is 0. The van der Waals surface area contributed by atoms with Crippen LogP contribution in [-0.4, -0.2) is 54.0 Å². The number of allylic oxidation sites excluding steroid dienone is 1. The predicted molar refractivity (Wildman–Crippen MR) is 127 cm³/mol. The van der Waals surface area contributed by atoms with Crippen LogP contribution in [0.3, 0.4) is 0 Å². The molecule has 0 aromatic heterocycles. The molecule has 0 saturated carbocycles. The van der Waals surface area contributed by atoms with E-state index in [4.69, 9.17) is 5.11 Å². The van der Waals surface area contributed by atoms with E-state index in [9.17, 15) is 14.4 Å². The number of likely N-dealkylation sites (tertiary alicyclic amines) is 1. The van der Waals surface area contributed by atoms with E-state index in [-0.39, 0.29) is 36.2 Å². The standard InChI is InChI=1S/C26H37N3O4/c1-3-10-19-13-14-20-22(21(19)24(31)27-2)26(33)29(15-8-5-9-16-30)23(20)25(32)28-17-18-11-6-4-7-12-18/h4,6-7,11-14,19-23,30H,3,5,8-10,15-17H2,1-2H3,(H,27,31)(H,28,32)/t19-,20+,21-,22+,23+/m1/s1. The first kappa shape index (κ1) is 25.0. The highest BCUT2D eigenvalue weighted by Gasteiger charge is 2.56. The maximum absolute atomic E-state index is 13.7. The van der Waals surface area contributed by atoms with Crippen LogP contribution in [0.2, 0.25) is 0 Å². The first-order valence-electron chi connectivity index (χ1n) is 12.2. The quantitative estimate of drug-likeness (QED) is 0.352. The number of hydrogen-bond donors (Lipinski definition) is 3. The highest BCUT2D eigenvalue weighted by Crippen LogP contribution is 2.45. The summed E-state index contributed by atoms with van der Waals surface area (Å²) in [4.78, 5) is 41.6. The van der Waals surface area contributed by atoms with Crippen molar-refractivity contribution in [1.82, 2.24) is 15.5 Å². The van der Waals surface area contributed by atoms with Crippen molar-refractivity contribution in [2.45, 2.75) is 51.6 Å². The molecule has 5 atom stereocenters. The summed E-state index contributed by atoms with van der Waals surface area (Å²) in [5.41, 5.74) is 0.992. The van der Waals surface area contributed by atoms with Crippen molar-refractivity contribution in [2.24, 2.45) is 23.7 Å². The van der Waals surface area contributed by atoms with E-state index in [1.807, 2.05) is 42.5 Å². The summed E-state index contributed by atoms with van der Waals surface area (Å²) in [6, 6.07) is 9.05. The van der Waals surface area contributed by atoms with E-state index in [1.165, 1.54) is 0 Å². The van der Waals surface area contributed by atoms with Gasteiger partial charge in [0.25, 0.3) is 0 Å². The van der Waals surface area contributed by atoms with Crippen LogP contribution in [0.15, 0.2) is 42.5 Å². The van der Waals surface area contributed by atoms with Crippen molar-refractivity contribution in [3.05, 3.63) is 48.0 Å². The molecule has 1 aliphatic carbocycles. The van der Waals surface area contributed by atoms with E-state index in [0.717, 1.165) is 24.8 Å². The van der Waals surface area contributed by atoms with E-state index in [1.54, 1.807) is 11.9 Å². The lowest BCUT2D eigenvalue weighted by Crippen LogP contribution is -2.47. The Bertz CT molecular complexity index is 841. The normalized spacial score (nSPS) is 26.2. The lowest BCUT2D eigenvalue weighted by Gasteiger charge is -2.34. The van der Waals surface area contributed by atoms with Gasteiger partial charge < -0.3 is 20.6 Å². The maximum atomic E-state index is 13.7. The molecule has 33 heavy (non-hydrogen) atoms. The van der Waals surface area contributed by atoms with E-state index in [2.05, 4.69) is 17.6 Å². The number of nitrogens with zero attached hydrogens (tertiary/aromatic N) is 1. The first-order chi connectivity index (χ1) is 16.0. The second-order valence-electron chi connectivity index (χ2n) is 9.04. The SMILES string of the molecule is CCC[C@@H]1C=C[C@H]2[C@H](C(=O)N(CCCCCO)[C@@H]2C(=O)NCc2ccccc2)[C@@H]1C(=O)NC. The summed E-state index contributed by atoms with van der Waals surface area (Å²) in [5.74, 6) is -1.77. The zero-order valence-corrected chi connectivity index (χ0v) is 19.7. The fourth-order valence-electron chi connectivity index (χ4n) is 5.33. The van der Waals surface area contributed by atoms with Gasteiger partial charge in [-0.05, 0) is 37.2 Å². The summed E-state index contributed by atoms with van der Waals surface area (Å²) in [7, 11) is 1.61. The average molecular weight is 456 g/mol. The zero-order valence-electron chi connectivity index (χ0n) is 19.7. The molecule has 3 amide bonds. The summed E-state index contributed by atoms with van der Waals surface area (Å²) in [5, 5.41) is 14.9. The van der Waals surface area contributed by atoms with Gasteiger partial charge >= 0.3 is 0 Å². The van der Waals surface area contributed by atoms with Crippen LogP contribution in [0.4, 0.5) is 0 Å². The van der Waals surface area contributed by atoms with Crippen molar-refractivity contribution in [3.8, 4) is 0 Å². The van der Waals surface area contributed by atoms with Gasteiger partial charge in [-0.25, -0.2) is 0 Å². The molecule has 0 unspecified atom stereocenters. The van der Waals surface area contributed by atoms with Gasteiger partial charge in [-0.15, -0.1) is 0 Å². The minimum absolute atomic E-state index is 0.0116. The van der Waals surface area contributed by atoms with Gasteiger partial charge in [0.1, 0.15) is 6.04 Å². The molecule has 0 spiro atoms. The van der Waals surface area contributed by atoms with Crippen LogP contribution in [-0.2, 0) is 20.9 Å². The number of fused-ring (bicyclic) bond motifs is 1. The first-order valence-corrected chi connectivity index (χ1v) is 12.2. The van der Waals surface area contributed by atoms with Gasteiger partial charge in [0.2, 0.25) is 17.7 Å². The number of amides is 3. The van der Waals surface area contributed by atoms with Gasteiger partial charge in [-0.1, -0.05) is 55.8 Å². The predicted octanol–water partition coefficient (Wildman–Crippen LogP) is 2.26. The van der Waals surface area contributed by atoms with E-state index < -0.39 is 17.9 Å². The fourth-order valence-corrected chi connectivity index (χ4v) is 5.33. The van der Waals surface area contributed by atoms with Crippen LogP contribution in [0, 0.1) is 23.7 Å². The Morgan fingerprint density at radius 3 is 2.48 bits per heavy atom. The average Bonchev–Trinajstić information content (AvgIpc) is 3.12. The molecule has 1 saturated heterocycles. The third kappa shape index (κ3) is 5.64. The molecule has 3 N–H and O–H groups in total. The number of aliphatic hydroxyl groups excluding tert-OH is 1. The number of carbonyl (C=O) groups excluding carboxylic acids is 3. The molecule has 7 heteroatoms. The smallest absolute Gasteiger partial charge is 0.243 e. The van der Waals surface area contributed by atoms with Gasteiger partial charge in [0.15, 0.2) is 0 Å². The number of nitrogens with one attached hydrogen (secondary N) is 2. The molecule has 2 aliphatic rings. The van der Waals surface area contributed by atoms with Crippen LogP contribution in [0.5, 0.6) is 0 Å². The van der Waals surface area contributed by atoms with Gasteiger partial charge in [0, 0.05) is 32.7 Å². The molecule has 7 nitrogen and oxygen atoms in total. The largest absolute Gasteiger partial charge is 0.396 e. The van der Waals surface area contributed by atoms with Crippen molar-refractivity contribution in [2.75, 3.05) is 20.2 Å². The minimum Gasteiger partial charge on any atom is -0.396 e. The molecular weight excluding hydrogens is 418 g/mol. The molecule has 0 radical (unpaired) electrons. The number of rotatable bonds is 11. The molecule has 0 bridgehead atoms. The number of aliphatic hydroxyl groups is 1. The maximum Gasteiger partial charge on any atom is 0.243 e. The number of benzene rings is 1. The number of carbonyl (C=O) groups is 3. The lowest BCUT2D eigenvalue weighted by molar-refractivity contribution is -0.140. The minimum atomic E-state index is -0.633. The highest BCUT2D eigenvalue weighted by atomic mass is 16.3. The fraction of sp³-hybridized carbons (Fsp3) is 0.577.